The number of carbonyl (C=O) groups is 2. The molecule has 170 valence electrons. The van der Waals surface area contributed by atoms with Crippen LogP contribution in [0.2, 0.25) is 0 Å². The first-order valence-electron chi connectivity index (χ1n) is 9.98. The summed E-state index contributed by atoms with van der Waals surface area (Å²) in [7, 11) is 1.17. The maximum Gasteiger partial charge on any atom is 0.306 e. The number of sulfonamides is 1. The van der Waals surface area contributed by atoms with E-state index in [2.05, 4.69) is 10.3 Å². The average molecular weight is 459 g/mol. The highest BCUT2D eigenvalue weighted by Crippen LogP contribution is 2.22. The molecule has 1 N–H and O–H groups in total. The van der Waals surface area contributed by atoms with E-state index in [9.17, 15) is 18.0 Å². The van der Waals surface area contributed by atoms with Crippen molar-refractivity contribution in [2.75, 3.05) is 26.0 Å². The summed E-state index contributed by atoms with van der Waals surface area (Å²) in [5.41, 5.74) is 2.98. The Morgan fingerprint density at radius 3 is 2.47 bits per heavy atom. The molecule has 9 nitrogen and oxygen atoms in total. The van der Waals surface area contributed by atoms with Gasteiger partial charge in [-0.1, -0.05) is 17.7 Å². The molecule has 3 rings (SSSR count). The van der Waals surface area contributed by atoms with Crippen LogP contribution in [0.1, 0.15) is 17.8 Å². The van der Waals surface area contributed by atoms with E-state index in [1.54, 1.807) is 29.8 Å². The summed E-state index contributed by atoms with van der Waals surface area (Å²) in [6, 6.07) is 12.0. The van der Waals surface area contributed by atoms with Crippen LogP contribution < -0.4 is 5.32 Å². The third-order valence-electron chi connectivity index (χ3n) is 4.98. The number of rotatable bonds is 8. The van der Waals surface area contributed by atoms with Crippen molar-refractivity contribution in [2.24, 2.45) is 7.05 Å². The Morgan fingerprint density at radius 1 is 1.12 bits per heavy atom. The summed E-state index contributed by atoms with van der Waals surface area (Å²) in [6.45, 7) is 1.57. The minimum absolute atomic E-state index is 0.0395. The lowest BCUT2D eigenvalue weighted by Crippen LogP contribution is -2.22. The number of aromatic nitrogens is 2. The van der Waals surface area contributed by atoms with Gasteiger partial charge in [-0.25, -0.2) is 17.7 Å². The first-order valence-corrected chi connectivity index (χ1v) is 11.4. The molecule has 0 bridgehead atoms. The Balaban J connectivity index is 1.58. The monoisotopic (exact) mass is 458 g/mol. The number of nitrogens with zero attached hydrogens (tertiary/aromatic N) is 3. The predicted molar refractivity (Wildman–Crippen MR) is 121 cm³/mol. The van der Waals surface area contributed by atoms with Crippen LogP contribution in [0.5, 0.6) is 0 Å². The van der Waals surface area contributed by atoms with E-state index in [1.165, 1.54) is 26.2 Å². The van der Waals surface area contributed by atoms with Crippen molar-refractivity contribution in [1.82, 2.24) is 13.9 Å². The second kappa shape index (κ2) is 9.49. The maximum atomic E-state index is 12.3. The third-order valence-corrected chi connectivity index (χ3v) is 6.79. The van der Waals surface area contributed by atoms with Gasteiger partial charge in [-0.05, 0) is 37.3 Å². The number of benzene rings is 2. The molecule has 0 aliphatic rings. The van der Waals surface area contributed by atoms with Crippen LogP contribution in [0.4, 0.5) is 5.69 Å². The molecule has 0 radical (unpaired) electrons. The van der Waals surface area contributed by atoms with Crippen molar-refractivity contribution in [1.29, 1.82) is 0 Å². The molecule has 32 heavy (non-hydrogen) atoms. The Bertz CT molecular complexity index is 1250. The number of hydrogen-bond acceptors (Lipinski definition) is 6. The van der Waals surface area contributed by atoms with Gasteiger partial charge in [0.1, 0.15) is 5.82 Å². The minimum Gasteiger partial charge on any atom is -0.456 e. The van der Waals surface area contributed by atoms with Crippen molar-refractivity contribution in [3.05, 3.63) is 53.9 Å². The lowest BCUT2D eigenvalue weighted by atomic mass is 10.2. The van der Waals surface area contributed by atoms with Crippen molar-refractivity contribution < 1.29 is 22.7 Å². The van der Waals surface area contributed by atoms with Gasteiger partial charge in [-0.3, -0.25) is 9.59 Å². The predicted octanol–water partition coefficient (Wildman–Crippen LogP) is 2.25. The summed E-state index contributed by atoms with van der Waals surface area (Å²) in [6.07, 6.45) is 0.331. The lowest BCUT2D eigenvalue weighted by molar-refractivity contribution is -0.147. The minimum atomic E-state index is -3.57. The molecular weight excluding hydrogens is 432 g/mol. The molecule has 3 aromatic rings. The fourth-order valence-electron chi connectivity index (χ4n) is 3.09. The molecule has 10 heteroatoms. The highest BCUT2D eigenvalue weighted by molar-refractivity contribution is 7.89. The average Bonchev–Trinajstić information content (AvgIpc) is 3.07. The summed E-state index contributed by atoms with van der Waals surface area (Å²) in [5, 5.41) is 2.67. The van der Waals surface area contributed by atoms with Crippen LogP contribution in [-0.4, -0.2) is 54.9 Å². The Morgan fingerprint density at radius 2 is 1.81 bits per heavy atom. The second-order valence-electron chi connectivity index (χ2n) is 7.60. The molecule has 0 unspecified atom stereocenters. The van der Waals surface area contributed by atoms with E-state index in [4.69, 9.17) is 4.74 Å². The molecule has 2 aromatic carbocycles. The highest BCUT2D eigenvalue weighted by Gasteiger charge is 2.19. The summed E-state index contributed by atoms with van der Waals surface area (Å²) < 4.78 is 32.7. The first kappa shape index (κ1) is 23.4. The van der Waals surface area contributed by atoms with Gasteiger partial charge in [-0.15, -0.1) is 0 Å². The molecule has 0 fully saturated rings. The zero-order chi connectivity index (χ0) is 23.5. The lowest BCUT2D eigenvalue weighted by Gasteiger charge is -2.10. The fraction of sp³-hybridized carbons (Fsp3) is 0.318. The number of esters is 1. The normalized spacial score (nSPS) is 11.7. The van der Waals surface area contributed by atoms with Crippen molar-refractivity contribution in [3.8, 4) is 0 Å². The van der Waals surface area contributed by atoms with E-state index < -0.39 is 21.9 Å². The molecule has 0 spiro atoms. The fourth-order valence-corrected chi connectivity index (χ4v) is 4.01. The second-order valence-corrected chi connectivity index (χ2v) is 9.75. The zero-order valence-corrected chi connectivity index (χ0v) is 19.3. The van der Waals surface area contributed by atoms with Crippen molar-refractivity contribution in [3.63, 3.8) is 0 Å². The number of anilines is 1. The third kappa shape index (κ3) is 5.32. The molecule has 1 amide bonds. The largest absolute Gasteiger partial charge is 0.456 e. The van der Waals surface area contributed by atoms with E-state index in [1.807, 2.05) is 19.1 Å². The molecule has 0 atom stereocenters. The van der Waals surface area contributed by atoms with Crippen molar-refractivity contribution >= 4 is 38.6 Å². The number of hydrogen-bond donors (Lipinski definition) is 1. The number of imidazole rings is 1. The molecule has 0 saturated heterocycles. The van der Waals surface area contributed by atoms with Gasteiger partial charge in [0, 0.05) is 33.3 Å². The van der Waals surface area contributed by atoms with Crippen LogP contribution >= 0.6 is 0 Å². The topological polar surface area (TPSA) is 111 Å². The van der Waals surface area contributed by atoms with Gasteiger partial charge in [-0.2, -0.15) is 0 Å². The zero-order valence-electron chi connectivity index (χ0n) is 18.5. The van der Waals surface area contributed by atoms with E-state index in [0.717, 1.165) is 15.4 Å². The van der Waals surface area contributed by atoms with Gasteiger partial charge >= 0.3 is 5.97 Å². The van der Waals surface area contributed by atoms with Crippen LogP contribution in [-0.2, 0) is 37.8 Å². The van der Waals surface area contributed by atoms with Crippen LogP contribution in [0.25, 0.3) is 11.0 Å². The molecule has 1 heterocycles. The molecule has 1 aromatic heterocycles. The van der Waals surface area contributed by atoms with Gasteiger partial charge in [0.25, 0.3) is 5.91 Å². The smallest absolute Gasteiger partial charge is 0.306 e. The standard InChI is InChI=1S/C22H26N4O5S/c1-15-5-7-16(8-6-15)23-21(27)14-31-22(28)12-11-20-24-18-13-17(32(29,30)25(2)3)9-10-19(18)26(20)4/h5-10,13H,11-12,14H2,1-4H3,(H,23,27). The summed E-state index contributed by atoms with van der Waals surface area (Å²) in [5.74, 6) is -0.327. The van der Waals surface area contributed by atoms with Crippen LogP contribution in [0.3, 0.4) is 0 Å². The van der Waals surface area contributed by atoms with Gasteiger partial charge in [0.2, 0.25) is 10.0 Å². The molecular formula is C22H26N4O5S. The number of nitrogens with one attached hydrogen (secondary N) is 1. The Hall–Kier alpha value is -3.24. The number of amides is 1. The Labute approximate surface area is 187 Å². The van der Waals surface area contributed by atoms with Crippen LogP contribution in [0, 0.1) is 6.92 Å². The molecule has 0 aliphatic carbocycles. The van der Waals surface area contributed by atoms with E-state index >= 15 is 0 Å². The SMILES string of the molecule is Cc1ccc(NC(=O)COC(=O)CCc2nc3cc(S(=O)(=O)N(C)C)ccc3n2C)cc1. The first-order chi connectivity index (χ1) is 15.1. The van der Waals surface area contributed by atoms with E-state index in [-0.39, 0.29) is 17.9 Å². The number of ether oxygens (including phenoxy) is 1. The number of carbonyl (C=O) groups excluding carboxylic acids is 2. The highest BCUT2D eigenvalue weighted by atomic mass is 32.2. The van der Waals surface area contributed by atoms with Gasteiger partial charge in [0.05, 0.1) is 22.3 Å². The molecule has 0 saturated carbocycles. The van der Waals surface area contributed by atoms with Crippen molar-refractivity contribution in [2.45, 2.75) is 24.7 Å². The number of fused-ring (bicyclic) bond motifs is 1. The maximum absolute atomic E-state index is 12.3. The quantitative estimate of drug-likeness (QED) is 0.519. The summed E-state index contributed by atoms with van der Waals surface area (Å²) in [4.78, 5) is 28.7. The summed E-state index contributed by atoms with van der Waals surface area (Å²) >= 11 is 0. The molecule has 0 aliphatic heterocycles. The van der Waals surface area contributed by atoms with Gasteiger partial charge in [0.15, 0.2) is 6.61 Å². The number of aryl methyl sites for hydroxylation is 3. The van der Waals surface area contributed by atoms with Crippen LogP contribution in [0.15, 0.2) is 47.4 Å². The van der Waals surface area contributed by atoms with E-state index in [0.29, 0.717) is 23.4 Å². The van der Waals surface area contributed by atoms with Gasteiger partial charge < -0.3 is 14.6 Å². The Kier molecular flexibility index (Phi) is 6.95.